The summed E-state index contributed by atoms with van der Waals surface area (Å²) in [6, 6.07) is 6.69. The monoisotopic (exact) mass is 215 g/mol. The van der Waals surface area contributed by atoms with Crippen LogP contribution in [0.5, 0.6) is 0 Å². The summed E-state index contributed by atoms with van der Waals surface area (Å²) < 4.78 is 0. The van der Waals surface area contributed by atoms with E-state index in [9.17, 15) is 0 Å². The Kier molecular flexibility index (Phi) is 2.79. The molecule has 0 saturated carbocycles. The standard InChI is InChI=1S/C15H21N/c1-5-12-10-15(4,6-2)16-14-9-11(3)7-8-13(12)14/h7-10,16H,5-6H2,1-4H3. The van der Waals surface area contributed by atoms with Crippen LogP contribution in [0.15, 0.2) is 24.3 Å². The third-order valence-electron chi connectivity index (χ3n) is 3.55. The molecule has 0 radical (unpaired) electrons. The van der Waals surface area contributed by atoms with Gasteiger partial charge in [0, 0.05) is 11.3 Å². The Balaban J connectivity index is 2.52. The van der Waals surface area contributed by atoms with Crippen molar-refractivity contribution in [1.29, 1.82) is 0 Å². The minimum atomic E-state index is 0.117. The topological polar surface area (TPSA) is 12.0 Å². The second-order valence-electron chi connectivity index (χ2n) is 4.97. The largest absolute Gasteiger partial charge is 0.376 e. The molecular weight excluding hydrogens is 194 g/mol. The van der Waals surface area contributed by atoms with E-state index in [-0.39, 0.29) is 5.54 Å². The second-order valence-corrected chi connectivity index (χ2v) is 4.97. The first-order valence-corrected chi connectivity index (χ1v) is 6.19. The van der Waals surface area contributed by atoms with E-state index < -0.39 is 0 Å². The van der Waals surface area contributed by atoms with E-state index in [0.29, 0.717) is 0 Å². The molecule has 0 amide bonds. The van der Waals surface area contributed by atoms with E-state index >= 15 is 0 Å². The van der Waals surface area contributed by atoms with Crippen molar-refractivity contribution in [3.8, 4) is 0 Å². The molecule has 2 rings (SSSR count). The van der Waals surface area contributed by atoms with Crippen molar-refractivity contribution in [3.05, 3.63) is 35.4 Å². The molecule has 1 aliphatic heterocycles. The molecular formula is C15H21N. The van der Waals surface area contributed by atoms with E-state index in [2.05, 4.69) is 57.3 Å². The van der Waals surface area contributed by atoms with Gasteiger partial charge in [-0.25, -0.2) is 0 Å². The number of anilines is 1. The molecule has 1 atom stereocenters. The maximum Gasteiger partial charge on any atom is 0.0531 e. The Morgan fingerprint density at radius 2 is 2.00 bits per heavy atom. The van der Waals surface area contributed by atoms with Crippen LogP contribution in [0.3, 0.4) is 0 Å². The molecule has 0 aliphatic carbocycles. The fourth-order valence-electron chi connectivity index (χ4n) is 2.33. The summed E-state index contributed by atoms with van der Waals surface area (Å²) in [6.45, 7) is 8.89. The molecule has 1 unspecified atom stereocenters. The third kappa shape index (κ3) is 1.87. The molecule has 1 N–H and O–H groups in total. The van der Waals surface area contributed by atoms with Crippen LogP contribution < -0.4 is 5.32 Å². The van der Waals surface area contributed by atoms with Crippen molar-refractivity contribution < 1.29 is 0 Å². The van der Waals surface area contributed by atoms with Gasteiger partial charge in [-0.05, 0) is 43.9 Å². The van der Waals surface area contributed by atoms with Crippen molar-refractivity contribution in [2.45, 2.75) is 46.1 Å². The molecule has 1 heteroatoms. The Morgan fingerprint density at radius 1 is 1.25 bits per heavy atom. The quantitative estimate of drug-likeness (QED) is 0.772. The van der Waals surface area contributed by atoms with Crippen LogP contribution in [0.2, 0.25) is 0 Å². The van der Waals surface area contributed by atoms with Crippen molar-refractivity contribution >= 4 is 11.3 Å². The van der Waals surface area contributed by atoms with Crippen molar-refractivity contribution in [2.24, 2.45) is 0 Å². The third-order valence-corrected chi connectivity index (χ3v) is 3.55. The zero-order valence-corrected chi connectivity index (χ0v) is 10.7. The van der Waals surface area contributed by atoms with E-state index in [1.54, 1.807) is 0 Å². The number of aryl methyl sites for hydroxylation is 1. The zero-order valence-electron chi connectivity index (χ0n) is 10.7. The number of benzene rings is 1. The molecule has 1 aromatic rings. The highest BCUT2D eigenvalue weighted by molar-refractivity contribution is 5.81. The first kappa shape index (κ1) is 11.3. The molecule has 0 bridgehead atoms. The van der Waals surface area contributed by atoms with Crippen molar-refractivity contribution in [3.63, 3.8) is 0 Å². The Hall–Kier alpha value is -1.24. The summed E-state index contributed by atoms with van der Waals surface area (Å²) in [4.78, 5) is 0. The zero-order chi connectivity index (χ0) is 11.8. The number of hydrogen-bond acceptors (Lipinski definition) is 1. The van der Waals surface area contributed by atoms with Crippen LogP contribution in [0.1, 0.15) is 44.7 Å². The van der Waals surface area contributed by atoms with Crippen LogP contribution in [0.25, 0.3) is 5.57 Å². The van der Waals surface area contributed by atoms with Gasteiger partial charge in [0.2, 0.25) is 0 Å². The number of rotatable bonds is 2. The molecule has 86 valence electrons. The van der Waals surface area contributed by atoms with Gasteiger partial charge in [0.1, 0.15) is 0 Å². The minimum absolute atomic E-state index is 0.117. The number of hydrogen-bond donors (Lipinski definition) is 1. The second kappa shape index (κ2) is 3.97. The Labute approximate surface area is 98.6 Å². The van der Waals surface area contributed by atoms with Crippen molar-refractivity contribution in [1.82, 2.24) is 0 Å². The van der Waals surface area contributed by atoms with Gasteiger partial charge in [-0.2, -0.15) is 0 Å². The lowest BCUT2D eigenvalue weighted by Gasteiger charge is -2.34. The highest BCUT2D eigenvalue weighted by Gasteiger charge is 2.25. The average Bonchev–Trinajstić information content (AvgIpc) is 2.27. The van der Waals surface area contributed by atoms with Gasteiger partial charge < -0.3 is 5.32 Å². The summed E-state index contributed by atoms with van der Waals surface area (Å²) in [5.41, 5.74) is 5.58. The van der Waals surface area contributed by atoms with Crippen LogP contribution >= 0.6 is 0 Å². The van der Waals surface area contributed by atoms with Crippen molar-refractivity contribution in [2.75, 3.05) is 5.32 Å². The molecule has 1 aromatic carbocycles. The van der Waals surface area contributed by atoms with E-state index in [0.717, 1.165) is 12.8 Å². The molecule has 1 heterocycles. The maximum absolute atomic E-state index is 3.65. The van der Waals surface area contributed by atoms with Gasteiger partial charge in [-0.1, -0.05) is 32.1 Å². The lowest BCUT2D eigenvalue weighted by Crippen LogP contribution is -2.34. The van der Waals surface area contributed by atoms with E-state index in [1.807, 2.05) is 0 Å². The first-order chi connectivity index (χ1) is 7.58. The summed E-state index contributed by atoms with van der Waals surface area (Å²) in [5, 5.41) is 3.65. The number of allylic oxidation sites excluding steroid dienone is 1. The molecule has 16 heavy (non-hydrogen) atoms. The average molecular weight is 215 g/mol. The Morgan fingerprint density at radius 3 is 2.62 bits per heavy atom. The first-order valence-electron chi connectivity index (χ1n) is 6.19. The lowest BCUT2D eigenvalue weighted by molar-refractivity contribution is 0.607. The van der Waals surface area contributed by atoms with Gasteiger partial charge in [0.25, 0.3) is 0 Å². The predicted molar refractivity (Wildman–Crippen MR) is 71.8 cm³/mol. The molecule has 0 aromatic heterocycles. The molecule has 1 aliphatic rings. The molecule has 0 saturated heterocycles. The van der Waals surface area contributed by atoms with Crippen LogP contribution in [-0.2, 0) is 0 Å². The van der Waals surface area contributed by atoms with Gasteiger partial charge >= 0.3 is 0 Å². The minimum Gasteiger partial charge on any atom is -0.376 e. The SMILES string of the molecule is CCC1=CC(C)(CC)Nc2cc(C)ccc21. The van der Waals surface area contributed by atoms with Crippen LogP contribution in [0, 0.1) is 6.92 Å². The number of fused-ring (bicyclic) bond motifs is 1. The highest BCUT2D eigenvalue weighted by atomic mass is 15.0. The Bertz CT molecular complexity index is 431. The predicted octanol–water partition coefficient (Wildman–Crippen LogP) is 4.38. The summed E-state index contributed by atoms with van der Waals surface area (Å²) in [6.07, 6.45) is 4.61. The summed E-state index contributed by atoms with van der Waals surface area (Å²) >= 11 is 0. The van der Waals surface area contributed by atoms with Gasteiger partial charge in [-0.15, -0.1) is 0 Å². The van der Waals surface area contributed by atoms with E-state index in [1.165, 1.54) is 22.4 Å². The fraction of sp³-hybridized carbons (Fsp3) is 0.467. The molecule has 0 fully saturated rings. The maximum atomic E-state index is 3.65. The van der Waals surface area contributed by atoms with Gasteiger partial charge in [0.05, 0.1) is 5.54 Å². The summed E-state index contributed by atoms with van der Waals surface area (Å²) in [5.74, 6) is 0. The van der Waals surface area contributed by atoms with E-state index in [4.69, 9.17) is 0 Å². The van der Waals surface area contributed by atoms with Crippen LogP contribution in [0.4, 0.5) is 5.69 Å². The molecule has 0 spiro atoms. The van der Waals surface area contributed by atoms with Gasteiger partial charge in [0.15, 0.2) is 0 Å². The normalized spacial score (nSPS) is 23.4. The highest BCUT2D eigenvalue weighted by Crippen LogP contribution is 2.37. The summed E-state index contributed by atoms with van der Waals surface area (Å²) in [7, 11) is 0. The van der Waals surface area contributed by atoms with Gasteiger partial charge in [-0.3, -0.25) is 0 Å². The fourth-order valence-corrected chi connectivity index (χ4v) is 2.33. The molecule has 1 nitrogen and oxygen atoms in total. The lowest BCUT2D eigenvalue weighted by atomic mass is 9.86. The number of nitrogens with one attached hydrogen (secondary N) is 1. The smallest absolute Gasteiger partial charge is 0.0531 e. The van der Waals surface area contributed by atoms with Crippen LogP contribution in [-0.4, -0.2) is 5.54 Å².